The van der Waals surface area contributed by atoms with E-state index in [4.69, 9.17) is 4.74 Å². The fraction of sp³-hybridized carbons (Fsp3) is 0.261. The van der Waals surface area contributed by atoms with Gasteiger partial charge in [-0.25, -0.2) is 4.98 Å². The van der Waals surface area contributed by atoms with Gasteiger partial charge in [-0.3, -0.25) is 0 Å². The molecule has 1 N–H and O–H groups in total. The maximum Gasteiger partial charge on any atom is 0.417 e. The van der Waals surface area contributed by atoms with Gasteiger partial charge in [-0.05, 0) is 29.3 Å². The first-order chi connectivity index (χ1) is 14.4. The Hall–Kier alpha value is -3.06. The zero-order valence-corrected chi connectivity index (χ0v) is 16.1. The summed E-state index contributed by atoms with van der Waals surface area (Å²) < 4.78 is 43.8. The van der Waals surface area contributed by atoms with Gasteiger partial charge in [0.25, 0.3) is 0 Å². The molecule has 1 aliphatic heterocycles. The van der Waals surface area contributed by atoms with Gasteiger partial charge in [0.2, 0.25) is 5.88 Å². The van der Waals surface area contributed by atoms with Crippen LogP contribution in [-0.2, 0) is 12.8 Å². The summed E-state index contributed by atoms with van der Waals surface area (Å²) in [6.45, 7) is 1.21. The van der Waals surface area contributed by atoms with E-state index in [2.05, 4.69) is 9.88 Å². The van der Waals surface area contributed by atoms with Crippen LogP contribution in [0.25, 0.3) is 11.1 Å². The van der Waals surface area contributed by atoms with Crippen LogP contribution in [0.2, 0.25) is 0 Å². The SMILES string of the molecule is OCc1cc(-c2ccccc2)ccc1N1CCC(Oc2ccc(C(F)(F)F)cn2)C1. The molecule has 1 aromatic heterocycles. The third kappa shape index (κ3) is 4.41. The first kappa shape index (κ1) is 20.2. The zero-order chi connectivity index (χ0) is 21.1. The Bertz CT molecular complexity index is 992. The molecule has 0 aliphatic carbocycles. The van der Waals surface area contributed by atoms with Crippen LogP contribution in [0.4, 0.5) is 18.9 Å². The number of aromatic nitrogens is 1. The van der Waals surface area contributed by atoms with Crippen molar-refractivity contribution in [1.29, 1.82) is 0 Å². The lowest BCUT2D eigenvalue weighted by Crippen LogP contribution is -2.25. The average molecular weight is 414 g/mol. The number of anilines is 1. The van der Waals surface area contributed by atoms with E-state index in [1.54, 1.807) is 0 Å². The quantitative estimate of drug-likeness (QED) is 0.644. The summed E-state index contributed by atoms with van der Waals surface area (Å²) in [5.74, 6) is 0.177. The average Bonchev–Trinajstić information content (AvgIpc) is 3.22. The number of aliphatic hydroxyl groups excluding tert-OH is 1. The molecular weight excluding hydrogens is 393 g/mol. The Balaban J connectivity index is 1.45. The van der Waals surface area contributed by atoms with E-state index in [1.807, 2.05) is 48.5 Å². The number of halogens is 3. The van der Waals surface area contributed by atoms with Crippen molar-refractivity contribution in [2.24, 2.45) is 0 Å². The molecule has 2 heterocycles. The zero-order valence-electron chi connectivity index (χ0n) is 16.1. The van der Waals surface area contributed by atoms with Crippen LogP contribution in [0.3, 0.4) is 0 Å². The largest absolute Gasteiger partial charge is 0.472 e. The highest BCUT2D eigenvalue weighted by atomic mass is 19.4. The van der Waals surface area contributed by atoms with Crippen molar-refractivity contribution in [3.05, 3.63) is 78.0 Å². The van der Waals surface area contributed by atoms with Gasteiger partial charge in [0, 0.05) is 36.5 Å². The highest BCUT2D eigenvalue weighted by Crippen LogP contribution is 2.32. The Morgan fingerprint density at radius 1 is 1.03 bits per heavy atom. The third-order valence-electron chi connectivity index (χ3n) is 5.19. The van der Waals surface area contributed by atoms with Crippen molar-refractivity contribution in [1.82, 2.24) is 4.98 Å². The summed E-state index contributed by atoms with van der Waals surface area (Å²) >= 11 is 0. The number of pyridine rings is 1. The van der Waals surface area contributed by atoms with E-state index in [0.717, 1.165) is 41.2 Å². The van der Waals surface area contributed by atoms with Crippen molar-refractivity contribution in [3.63, 3.8) is 0 Å². The fourth-order valence-corrected chi connectivity index (χ4v) is 3.66. The van der Waals surface area contributed by atoms with Gasteiger partial charge in [0.05, 0.1) is 18.7 Å². The highest BCUT2D eigenvalue weighted by molar-refractivity contribution is 5.69. The van der Waals surface area contributed by atoms with Gasteiger partial charge < -0.3 is 14.7 Å². The Labute approximate surface area is 172 Å². The second-order valence-corrected chi connectivity index (χ2v) is 7.23. The minimum absolute atomic E-state index is 0.0848. The van der Waals surface area contributed by atoms with Gasteiger partial charge in [0.15, 0.2) is 0 Å². The Morgan fingerprint density at radius 2 is 1.83 bits per heavy atom. The fourth-order valence-electron chi connectivity index (χ4n) is 3.66. The monoisotopic (exact) mass is 414 g/mol. The van der Waals surface area contributed by atoms with Gasteiger partial charge in [-0.2, -0.15) is 13.2 Å². The van der Waals surface area contributed by atoms with Crippen LogP contribution < -0.4 is 9.64 Å². The molecule has 4 nitrogen and oxygen atoms in total. The summed E-state index contributed by atoms with van der Waals surface area (Å²) in [6.07, 6.45) is -3.10. The highest BCUT2D eigenvalue weighted by Gasteiger charge is 2.31. The second kappa shape index (κ2) is 8.36. The molecular formula is C23H21F3N2O2. The molecule has 1 atom stereocenters. The molecule has 0 saturated carbocycles. The standard InChI is InChI=1S/C23H21F3N2O2/c24-23(25,26)19-7-9-22(27-13-19)30-20-10-11-28(14-20)21-8-6-17(12-18(21)15-29)16-4-2-1-3-5-16/h1-9,12-13,20,29H,10-11,14-15H2. The van der Waals surface area contributed by atoms with Crippen LogP contribution in [0.15, 0.2) is 66.9 Å². The van der Waals surface area contributed by atoms with Gasteiger partial charge in [0.1, 0.15) is 6.10 Å². The predicted octanol–water partition coefficient (Wildman–Crippen LogP) is 4.92. The summed E-state index contributed by atoms with van der Waals surface area (Å²) in [4.78, 5) is 5.90. The number of alkyl halides is 3. The first-order valence-electron chi connectivity index (χ1n) is 9.68. The summed E-state index contributed by atoms with van der Waals surface area (Å²) in [6, 6.07) is 18.2. The van der Waals surface area contributed by atoms with E-state index in [1.165, 1.54) is 6.07 Å². The number of rotatable bonds is 5. The van der Waals surface area contributed by atoms with Crippen molar-refractivity contribution >= 4 is 5.69 Å². The minimum atomic E-state index is -4.41. The lowest BCUT2D eigenvalue weighted by Gasteiger charge is -2.22. The normalized spacial score (nSPS) is 16.7. The third-order valence-corrected chi connectivity index (χ3v) is 5.19. The molecule has 0 bridgehead atoms. The molecule has 1 fully saturated rings. The summed E-state index contributed by atoms with van der Waals surface area (Å²) in [7, 11) is 0. The molecule has 0 amide bonds. The summed E-state index contributed by atoms with van der Waals surface area (Å²) in [5.41, 5.74) is 3.07. The van der Waals surface area contributed by atoms with Crippen LogP contribution in [0.1, 0.15) is 17.5 Å². The topological polar surface area (TPSA) is 45.6 Å². The van der Waals surface area contributed by atoms with E-state index in [-0.39, 0.29) is 18.6 Å². The van der Waals surface area contributed by atoms with Crippen LogP contribution in [0, 0.1) is 0 Å². The number of hydrogen-bond donors (Lipinski definition) is 1. The van der Waals surface area contributed by atoms with E-state index < -0.39 is 11.7 Å². The molecule has 1 unspecified atom stereocenters. The smallest absolute Gasteiger partial charge is 0.417 e. The predicted molar refractivity (Wildman–Crippen MR) is 108 cm³/mol. The number of benzene rings is 2. The van der Waals surface area contributed by atoms with Crippen LogP contribution in [-0.4, -0.2) is 29.3 Å². The van der Waals surface area contributed by atoms with E-state index >= 15 is 0 Å². The molecule has 0 radical (unpaired) electrons. The van der Waals surface area contributed by atoms with Crippen molar-refractivity contribution in [2.45, 2.75) is 25.3 Å². The van der Waals surface area contributed by atoms with Gasteiger partial charge >= 0.3 is 6.18 Å². The molecule has 0 spiro atoms. The molecule has 4 rings (SSSR count). The van der Waals surface area contributed by atoms with E-state index in [9.17, 15) is 18.3 Å². The molecule has 2 aromatic carbocycles. The molecule has 1 saturated heterocycles. The van der Waals surface area contributed by atoms with Crippen LogP contribution >= 0.6 is 0 Å². The Kier molecular flexibility index (Phi) is 5.63. The molecule has 1 aliphatic rings. The lowest BCUT2D eigenvalue weighted by molar-refractivity contribution is -0.137. The van der Waals surface area contributed by atoms with Gasteiger partial charge in [-0.1, -0.05) is 36.4 Å². The van der Waals surface area contributed by atoms with Crippen molar-refractivity contribution in [3.8, 4) is 17.0 Å². The molecule has 156 valence electrons. The maximum absolute atomic E-state index is 12.7. The van der Waals surface area contributed by atoms with E-state index in [0.29, 0.717) is 13.0 Å². The van der Waals surface area contributed by atoms with Crippen molar-refractivity contribution in [2.75, 3.05) is 18.0 Å². The number of aliphatic hydroxyl groups is 1. The van der Waals surface area contributed by atoms with Gasteiger partial charge in [-0.15, -0.1) is 0 Å². The maximum atomic E-state index is 12.7. The summed E-state index contributed by atoms with van der Waals surface area (Å²) in [5, 5.41) is 9.88. The molecule has 30 heavy (non-hydrogen) atoms. The first-order valence-corrected chi connectivity index (χ1v) is 9.68. The minimum Gasteiger partial charge on any atom is -0.472 e. The molecule has 7 heteroatoms. The number of hydrogen-bond acceptors (Lipinski definition) is 4. The number of ether oxygens (including phenoxy) is 1. The van der Waals surface area contributed by atoms with Crippen molar-refractivity contribution < 1.29 is 23.0 Å². The Morgan fingerprint density at radius 3 is 2.50 bits per heavy atom. The second-order valence-electron chi connectivity index (χ2n) is 7.23. The van der Waals surface area contributed by atoms with Crippen LogP contribution in [0.5, 0.6) is 5.88 Å². The molecule has 3 aromatic rings. The lowest BCUT2D eigenvalue weighted by atomic mass is 10.0. The number of nitrogens with zero attached hydrogens (tertiary/aromatic N) is 2.